The van der Waals surface area contributed by atoms with Gasteiger partial charge in [-0.15, -0.1) is 10.2 Å². The summed E-state index contributed by atoms with van der Waals surface area (Å²) in [7, 11) is -3.42. The summed E-state index contributed by atoms with van der Waals surface area (Å²) in [4.78, 5) is 12.8. The molecule has 0 radical (unpaired) electrons. The smallest absolute Gasteiger partial charge is 0.243 e. The highest BCUT2D eigenvalue weighted by Crippen LogP contribution is 2.22. The fourth-order valence-corrected chi connectivity index (χ4v) is 5.89. The molecule has 3 heterocycles. The SMILES string of the molecule is CC(NC(=O)CCc1ccc(S(=O)(=O)N2CCCCC2)cc1)c1nnc2n1CCCC2. The number of fused-ring (bicyclic) bond motifs is 1. The fraction of sp³-hybridized carbons (Fsp3) is 0.591. The van der Waals surface area contributed by atoms with Crippen molar-refractivity contribution in [1.29, 1.82) is 0 Å². The number of amides is 1. The van der Waals surface area contributed by atoms with Crippen LogP contribution in [-0.4, -0.2) is 46.5 Å². The normalized spacial score (nSPS) is 18.4. The van der Waals surface area contributed by atoms with Crippen molar-refractivity contribution in [2.75, 3.05) is 13.1 Å². The van der Waals surface area contributed by atoms with Gasteiger partial charge in [-0.3, -0.25) is 4.79 Å². The first-order chi connectivity index (χ1) is 14.9. The van der Waals surface area contributed by atoms with Gasteiger partial charge < -0.3 is 9.88 Å². The number of sulfonamides is 1. The van der Waals surface area contributed by atoms with E-state index in [4.69, 9.17) is 0 Å². The Morgan fingerprint density at radius 2 is 1.74 bits per heavy atom. The van der Waals surface area contributed by atoms with Crippen LogP contribution in [0.5, 0.6) is 0 Å². The number of benzene rings is 1. The van der Waals surface area contributed by atoms with E-state index in [1.807, 2.05) is 19.1 Å². The van der Waals surface area contributed by atoms with Gasteiger partial charge in [-0.05, 0) is 56.7 Å². The van der Waals surface area contributed by atoms with Crippen LogP contribution < -0.4 is 5.32 Å². The summed E-state index contributed by atoms with van der Waals surface area (Å²) < 4.78 is 29.2. The molecule has 1 aromatic carbocycles. The molecule has 1 unspecified atom stereocenters. The number of nitrogens with zero attached hydrogens (tertiary/aromatic N) is 4. The molecule has 1 fully saturated rings. The highest BCUT2D eigenvalue weighted by atomic mass is 32.2. The van der Waals surface area contributed by atoms with Gasteiger partial charge in [-0.1, -0.05) is 18.6 Å². The molecule has 9 heteroatoms. The van der Waals surface area contributed by atoms with Crippen molar-refractivity contribution in [3.63, 3.8) is 0 Å². The maximum absolute atomic E-state index is 12.7. The topological polar surface area (TPSA) is 97.2 Å². The van der Waals surface area contributed by atoms with Crippen molar-refractivity contribution in [2.45, 2.75) is 75.8 Å². The number of carbonyl (C=O) groups is 1. The number of carbonyl (C=O) groups excluding carboxylic acids is 1. The van der Waals surface area contributed by atoms with Crippen molar-refractivity contribution in [2.24, 2.45) is 0 Å². The van der Waals surface area contributed by atoms with Crippen LogP contribution in [0.1, 0.15) is 68.7 Å². The Hall–Kier alpha value is -2.26. The lowest BCUT2D eigenvalue weighted by Gasteiger charge is -2.25. The maximum Gasteiger partial charge on any atom is 0.243 e. The second kappa shape index (κ2) is 9.48. The molecule has 1 amide bonds. The van der Waals surface area contributed by atoms with E-state index in [1.54, 1.807) is 16.4 Å². The van der Waals surface area contributed by atoms with Gasteiger partial charge in [0.1, 0.15) is 5.82 Å². The van der Waals surface area contributed by atoms with Crippen molar-refractivity contribution in [3.05, 3.63) is 41.5 Å². The summed E-state index contributed by atoms with van der Waals surface area (Å²) in [5.41, 5.74) is 0.945. The van der Waals surface area contributed by atoms with Gasteiger partial charge in [0.15, 0.2) is 5.82 Å². The van der Waals surface area contributed by atoms with Gasteiger partial charge >= 0.3 is 0 Å². The van der Waals surface area contributed by atoms with Gasteiger partial charge in [0.2, 0.25) is 15.9 Å². The fourth-order valence-electron chi connectivity index (χ4n) is 4.37. The van der Waals surface area contributed by atoms with Crippen molar-refractivity contribution < 1.29 is 13.2 Å². The average Bonchev–Trinajstić information content (AvgIpc) is 3.23. The first-order valence-corrected chi connectivity index (χ1v) is 12.7. The van der Waals surface area contributed by atoms with Crippen LogP contribution in [0.3, 0.4) is 0 Å². The zero-order valence-corrected chi connectivity index (χ0v) is 18.9. The van der Waals surface area contributed by atoms with Gasteiger partial charge in [-0.2, -0.15) is 4.31 Å². The number of hydrogen-bond acceptors (Lipinski definition) is 5. The minimum atomic E-state index is -3.42. The molecule has 31 heavy (non-hydrogen) atoms. The van der Waals surface area contributed by atoms with E-state index in [1.165, 1.54) is 0 Å². The molecule has 0 spiro atoms. The molecule has 0 saturated carbocycles. The Morgan fingerprint density at radius 1 is 1.03 bits per heavy atom. The zero-order valence-electron chi connectivity index (χ0n) is 18.1. The molecule has 2 aliphatic rings. The summed E-state index contributed by atoms with van der Waals surface area (Å²) in [6.07, 6.45) is 7.01. The quantitative estimate of drug-likeness (QED) is 0.707. The largest absolute Gasteiger partial charge is 0.346 e. The van der Waals surface area contributed by atoms with Crippen LogP contribution in [0.25, 0.3) is 0 Å². The van der Waals surface area contributed by atoms with Crippen LogP contribution >= 0.6 is 0 Å². The lowest BCUT2D eigenvalue weighted by Crippen LogP contribution is -2.35. The summed E-state index contributed by atoms with van der Waals surface area (Å²) in [5.74, 6) is 1.77. The van der Waals surface area contributed by atoms with E-state index in [2.05, 4.69) is 20.1 Å². The van der Waals surface area contributed by atoms with E-state index >= 15 is 0 Å². The average molecular weight is 446 g/mol. The molecule has 1 saturated heterocycles. The van der Waals surface area contributed by atoms with Gasteiger partial charge in [0, 0.05) is 32.5 Å². The highest BCUT2D eigenvalue weighted by molar-refractivity contribution is 7.89. The second-order valence-electron chi connectivity index (χ2n) is 8.48. The second-order valence-corrected chi connectivity index (χ2v) is 10.4. The third-order valence-electron chi connectivity index (χ3n) is 6.17. The van der Waals surface area contributed by atoms with Crippen LogP contribution in [0.15, 0.2) is 29.2 Å². The molecule has 4 rings (SSSR count). The van der Waals surface area contributed by atoms with E-state index < -0.39 is 10.0 Å². The summed E-state index contributed by atoms with van der Waals surface area (Å²) in [6.45, 7) is 4.03. The van der Waals surface area contributed by atoms with E-state index in [9.17, 15) is 13.2 Å². The van der Waals surface area contributed by atoms with Crippen LogP contribution in [0.4, 0.5) is 0 Å². The van der Waals surface area contributed by atoms with E-state index in [0.717, 1.165) is 62.3 Å². The number of hydrogen-bond donors (Lipinski definition) is 1. The zero-order chi connectivity index (χ0) is 21.8. The Morgan fingerprint density at radius 3 is 2.48 bits per heavy atom. The first-order valence-electron chi connectivity index (χ1n) is 11.3. The van der Waals surface area contributed by atoms with Crippen LogP contribution in [0, 0.1) is 0 Å². The standard InChI is InChI=1S/C22H31N5O3S/c1-17(22-25-24-20-7-3-6-16-27(20)22)23-21(28)13-10-18-8-11-19(12-9-18)31(29,30)26-14-4-2-5-15-26/h8-9,11-12,17H,2-7,10,13-16H2,1H3,(H,23,28). The Kier molecular flexibility index (Phi) is 6.71. The Balaban J connectivity index is 1.31. The van der Waals surface area contributed by atoms with Crippen molar-refractivity contribution in [3.8, 4) is 0 Å². The van der Waals surface area contributed by atoms with Crippen LogP contribution in [-0.2, 0) is 34.2 Å². The van der Waals surface area contributed by atoms with Crippen LogP contribution in [0.2, 0.25) is 0 Å². The summed E-state index contributed by atoms with van der Waals surface area (Å²) in [6, 6.07) is 6.74. The molecule has 168 valence electrons. The minimum absolute atomic E-state index is 0.0503. The van der Waals surface area contributed by atoms with Crippen molar-refractivity contribution in [1.82, 2.24) is 24.4 Å². The number of nitrogens with one attached hydrogen (secondary N) is 1. The molecule has 0 aliphatic carbocycles. The molecule has 2 aliphatic heterocycles. The predicted molar refractivity (Wildman–Crippen MR) is 117 cm³/mol. The van der Waals surface area contributed by atoms with Crippen molar-refractivity contribution >= 4 is 15.9 Å². The number of rotatable bonds is 7. The third-order valence-corrected chi connectivity index (χ3v) is 8.08. The van der Waals surface area contributed by atoms with E-state index in [-0.39, 0.29) is 11.9 Å². The number of piperidine rings is 1. The minimum Gasteiger partial charge on any atom is -0.346 e. The van der Waals surface area contributed by atoms with Gasteiger partial charge in [-0.25, -0.2) is 8.42 Å². The van der Waals surface area contributed by atoms with Gasteiger partial charge in [0.25, 0.3) is 0 Å². The molecule has 1 N–H and O–H groups in total. The third kappa shape index (κ3) is 4.98. The monoisotopic (exact) mass is 445 g/mol. The molecule has 0 bridgehead atoms. The summed E-state index contributed by atoms with van der Waals surface area (Å²) in [5, 5.41) is 11.5. The number of aromatic nitrogens is 3. The lowest BCUT2D eigenvalue weighted by molar-refractivity contribution is -0.121. The molecular formula is C22H31N5O3S. The highest BCUT2D eigenvalue weighted by Gasteiger charge is 2.26. The molecule has 1 atom stereocenters. The predicted octanol–water partition coefficient (Wildman–Crippen LogP) is 2.60. The molecule has 1 aromatic heterocycles. The lowest BCUT2D eigenvalue weighted by atomic mass is 10.1. The number of aryl methyl sites for hydroxylation is 2. The van der Waals surface area contributed by atoms with E-state index in [0.29, 0.717) is 30.8 Å². The molecule has 8 nitrogen and oxygen atoms in total. The molecule has 2 aromatic rings. The Labute approximate surface area is 184 Å². The van der Waals surface area contributed by atoms with Gasteiger partial charge in [0.05, 0.1) is 10.9 Å². The Bertz CT molecular complexity index is 1010. The maximum atomic E-state index is 12.7. The first kappa shape index (κ1) is 22.0. The molecular weight excluding hydrogens is 414 g/mol. The summed E-state index contributed by atoms with van der Waals surface area (Å²) >= 11 is 0.